The molecular weight excluding hydrogens is 270 g/mol. The third-order valence-corrected chi connectivity index (χ3v) is 4.32. The van der Waals surface area contributed by atoms with Gasteiger partial charge in [0.05, 0.1) is 11.3 Å². The van der Waals surface area contributed by atoms with Crippen LogP contribution in [0, 0.1) is 13.8 Å². The van der Waals surface area contributed by atoms with Gasteiger partial charge in [-0.25, -0.2) is 0 Å². The summed E-state index contributed by atoms with van der Waals surface area (Å²) in [6, 6.07) is 0.558. The minimum Gasteiger partial charge on any atom is -0.389 e. The molecule has 0 radical (unpaired) electrons. The van der Waals surface area contributed by atoms with Gasteiger partial charge in [0.25, 0.3) is 0 Å². The zero-order valence-electron chi connectivity index (χ0n) is 12.4. The first-order valence-corrected chi connectivity index (χ1v) is 7.57. The molecule has 1 aliphatic rings. The van der Waals surface area contributed by atoms with Gasteiger partial charge in [-0.3, -0.25) is 4.90 Å². The zero-order valence-corrected chi connectivity index (χ0v) is 13.3. The summed E-state index contributed by atoms with van der Waals surface area (Å²) in [7, 11) is 0. The van der Waals surface area contributed by atoms with E-state index in [2.05, 4.69) is 27.3 Å². The predicted molar refractivity (Wildman–Crippen MR) is 86.2 cm³/mol. The summed E-state index contributed by atoms with van der Waals surface area (Å²) < 4.78 is 0. The highest BCUT2D eigenvalue weighted by Gasteiger charge is 2.23. The van der Waals surface area contributed by atoms with E-state index in [-0.39, 0.29) is 0 Å². The predicted octanol–water partition coefficient (Wildman–Crippen LogP) is 1.62. The highest BCUT2D eigenvalue weighted by molar-refractivity contribution is 7.80. The largest absolute Gasteiger partial charge is 0.389 e. The fourth-order valence-electron chi connectivity index (χ4n) is 2.79. The molecule has 5 nitrogen and oxygen atoms in total. The lowest BCUT2D eigenvalue weighted by Gasteiger charge is -2.23. The molecule has 0 saturated carbocycles. The molecule has 0 spiro atoms. The van der Waals surface area contributed by atoms with E-state index in [0.29, 0.717) is 16.8 Å². The molecule has 1 unspecified atom stereocenters. The van der Waals surface area contributed by atoms with Gasteiger partial charge in [0.1, 0.15) is 4.99 Å². The lowest BCUT2D eigenvalue weighted by Crippen LogP contribution is -2.35. The molecule has 0 bridgehead atoms. The molecule has 1 aliphatic heterocycles. The van der Waals surface area contributed by atoms with Crippen molar-refractivity contribution in [3.63, 3.8) is 0 Å². The van der Waals surface area contributed by atoms with E-state index in [1.54, 1.807) is 0 Å². The summed E-state index contributed by atoms with van der Waals surface area (Å²) in [5.41, 5.74) is 8.54. The molecule has 1 fully saturated rings. The Kier molecular flexibility index (Phi) is 4.88. The number of nitrogens with two attached hydrogens (primary N) is 1. The number of likely N-dealkylation sites (tertiary alicyclic amines) is 1. The fourth-order valence-corrected chi connectivity index (χ4v) is 3.04. The molecule has 2 rings (SSSR count). The molecule has 3 N–H and O–H groups in total. The SMILES string of the molecule is CCN1CCCC1CNc1nnc(C)c(C)c1C(N)=S. The van der Waals surface area contributed by atoms with Crippen molar-refractivity contribution in [2.24, 2.45) is 5.73 Å². The van der Waals surface area contributed by atoms with Crippen LogP contribution in [0.15, 0.2) is 0 Å². The lowest BCUT2D eigenvalue weighted by atomic mass is 10.1. The van der Waals surface area contributed by atoms with E-state index < -0.39 is 0 Å². The number of likely N-dealkylation sites (N-methyl/N-ethyl adjacent to an activating group) is 1. The van der Waals surface area contributed by atoms with Crippen LogP contribution >= 0.6 is 12.2 Å². The van der Waals surface area contributed by atoms with Gasteiger partial charge >= 0.3 is 0 Å². The third kappa shape index (κ3) is 3.07. The Bertz CT molecular complexity index is 503. The second-order valence-electron chi connectivity index (χ2n) is 5.30. The molecule has 0 aliphatic carbocycles. The number of nitrogens with one attached hydrogen (secondary N) is 1. The summed E-state index contributed by atoms with van der Waals surface area (Å²) in [6.07, 6.45) is 2.49. The van der Waals surface area contributed by atoms with Crippen LogP contribution < -0.4 is 11.1 Å². The highest BCUT2D eigenvalue weighted by atomic mass is 32.1. The van der Waals surface area contributed by atoms with Gasteiger partial charge in [-0.15, -0.1) is 5.10 Å². The van der Waals surface area contributed by atoms with Gasteiger partial charge in [-0.2, -0.15) is 5.10 Å². The lowest BCUT2D eigenvalue weighted by molar-refractivity contribution is 0.277. The summed E-state index contributed by atoms with van der Waals surface area (Å²) >= 11 is 5.15. The quantitative estimate of drug-likeness (QED) is 0.804. The minimum atomic E-state index is 0.377. The summed E-state index contributed by atoms with van der Waals surface area (Å²) in [6.45, 7) is 9.24. The van der Waals surface area contributed by atoms with E-state index in [9.17, 15) is 0 Å². The zero-order chi connectivity index (χ0) is 14.7. The number of thiocarbonyl (C=S) groups is 1. The molecule has 6 heteroatoms. The second-order valence-corrected chi connectivity index (χ2v) is 5.74. The van der Waals surface area contributed by atoms with Gasteiger partial charge in [0.2, 0.25) is 0 Å². The van der Waals surface area contributed by atoms with E-state index >= 15 is 0 Å². The number of anilines is 1. The number of hydrogen-bond acceptors (Lipinski definition) is 5. The number of nitrogens with zero attached hydrogens (tertiary/aromatic N) is 3. The molecule has 0 amide bonds. The standard InChI is InChI=1S/C14H23N5S/c1-4-19-7-5-6-11(19)8-16-14-12(13(15)20)9(2)10(3)17-18-14/h11H,4-8H2,1-3H3,(H2,15,20)(H,16,18). The van der Waals surface area contributed by atoms with Crippen LogP contribution in [0.3, 0.4) is 0 Å². The van der Waals surface area contributed by atoms with Crippen LogP contribution in [0.25, 0.3) is 0 Å². The number of aryl methyl sites for hydroxylation is 1. The van der Waals surface area contributed by atoms with Crippen LogP contribution in [0.1, 0.15) is 36.6 Å². The van der Waals surface area contributed by atoms with Crippen LogP contribution in [-0.4, -0.2) is 45.8 Å². The highest BCUT2D eigenvalue weighted by Crippen LogP contribution is 2.21. The Hall–Kier alpha value is -1.27. The van der Waals surface area contributed by atoms with Crippen molar-refractivity contribution in [1.82, 2.24) is 15.1 Å². The molecule has 110 valence electrons. The van der Waals surface area contributed by atoms with Crippen LogP contribution in [0.2, 0.25) is 0 Å². The molecule has 0 aromatic carbocycles. The Labute approximate surface area is 125 Å². The van der Waals surface area contributed by atoms with Crippen molar-refractivity contribution >= 4 is 23.0 Å². The maximum absolute atomic E-state index is 5.83. The minimum absolute atomic E-state index is 0.377. The summed E-state index contributed by atoms with van der Waals surface area (Å²) in [4.78, 5) is 2.86. The van der Waals surface area contributed by atoms with Gasteiger partial charge in [-0.1, -0.05) is 19.1 Å². The van der Waals surface area contributed by atoms with Crippen molar-refractivity contribution in [2.75, 3.05) is 25.0 Å². The Morgan fingerprint density at radius 1 is 1.45 bits per heavy atom. The Morgan fingerprint density at radius 2 is 2.20 bits per heavy atom. The van der Waals surface area contributed by atoms with E-state index in [1.165, 1.54) is 19.4 Å². The third-order valence-electron chi connectivity index (χ3n) is 4.11. The average Bonchev–Trinajstić information content (AvgIpc) is 2.87. The smallest absolute Gasteiger partial charge is 0.159 e. The van der Waals surface area contributed by atoms with Crippen molar-refractivity contribution in [1.29, 1.82) is 0 Å². The van der Waals surface area contributed by atoms with Gasteiger partial charge in [-0.05, 0) is 45.3 Å². The molecule has 1 aromatic rings. The first-order valence-electron chi connectivity index (χ1n) is 7.16. The van der Waals surface area contributed by atoms with Crippen molar-refractivity contribution in [3.05, 3.63) is 16.8 Å². The molecule has 2 heterocycles. The Morgan fingerprint density at radius 3 is 2.85 bits per heavy atom. The number of aromatic nitrogens is 2. The van der Waals surface area contributed by atoms with Crippen molar-refractivity contribution < 1.29 is 0 Å². The van der Waals surface area contributed by atoms with E-state index in [4.69, 9.17) is 18.0 Å². The molecule has 1 atom stereocenters. The molecular formula is C14H23N5S. The number of rotatable bonds is 5. The fraction of sp³-hybridized carbons (Fsp3) is 0.643. The monoisotopic (exact) mass is 293 g/mol. The maximum Gasteiger partial charge on any atom is 0.159 e. The van der Waals surface area contributed by atoms with E-state index in [1.807, 2.05) is 13.8 Å². The summed E-state index contributed by atoms with van der Waals surface area (Å²) in [5, 5.41) is 11.8. The van der Waals surface area contributed by atoms with Gasteiger partial charge in [0, 0.05) is 12.6 Å². The van der Waals surface area contributed by atoms with E-state index in [0.717, 1.165) is 29.9 Å². The van der Waals surface area contributed by atoms with Gasteiger partial charge in [0.15, 0.2) is 5.82 Å². The van der Waals surface area contributed by atoms with Crippen LogP contribution in [0.4, 0.5) is 5.82 Å². The number of hydrogen-bond donors (Lipinski definition) is 2. The maximum atomic E-state index is 5.83. The first kappa shape index (κ1) is 15.1. The first-order chi connectivity index (χ1) is 9.54. The topological polar surface area (TPSA) is 67.1 Å². The van der Waals surface area contributed by atoms with Crippen molar-refractivity contribution in [2.45, 2.75) is 39.7 Å². The van der Waals surface area contributed by atoms with Crippen molar-refractivity contribution in [3.8, 4) is 0 Å². The molecule has 1 saturated heterocycles. The van der Waals surface area contributed by atoms with Gasteiger partial charge < -0.3 is 11.1 Å². The summed E-state index contributed by atoms with van der Waals surface area (Å²) in [5.74, 6) is 0.712. The Balaban J connectivity index is 2.13. The van der Waals surface area contributed by atoms with Crippen LogP contribution in [0.5, 0.6) is 0 Å². The molecule has 20 heavy (non-hydrogen) atoms. The average molecular weight is 293 g/mol. The molecule has 1 aromatic heterocycles. The second kappa shape index (κ2) is 6.45. The normalized spacial score (nSPS) is 19.2. The van der Waals surface area contributed by atoms with Crippen LogP contribution in [-0.2, 0) is 0 Å².